The maximum absolute atomic E-state index is 2.41. The van der Waals surface area contributed by atoms with Crippen LogP contribution in [0.3, 0.4) is 0 Å². The summed E-state index contributed by atoms with van der Waals surface area (Å²) >= 11 is 0. The number of benzene rings is 9. The maximum atomic E-state index is 2.41. The zero-order chi connectivity index (χ0) is 42.5. The first-order valence-electron chi connectivity index (χ1n) is 21.9. The van der Waals surface area contributed by atoms with Crippen molar-refractivity contribution >= 4 is 82.5 Å². The largest absolute Gasteiger partial charge is 0.310 e. The summed E-state index contributed by atoms with van der Waals surface area (Å²) in [6.45, 7) is 10.9. The Hall–Kier alpha value is -7.82. The van der Waals surface area contributed by atoms with Gasteiger partial charge >= 0.3 is 0 Å². The first kappa shape index (κ1) is 37.0. The van der Waals surface area contributed by atoms with E-state index in [4.69, 9.17) is 0 Å². The zero-order valence-electron chi connectivity index (χ0n) is 36.2. The minimum absolute atomic E-state index is 1.08. The van der Waals surface area contributed by atoms with Crippen LogP contribution in [0.1, 0.15) is 27.8 Å². The van der Waals surface area contributed by atoms with Gasteiger partial charge in [-0.1, -0.05) is 76.3 Å². The lowest BCUT2D eigenvalue weighted by atomic mass is 10.1. The molecule has 0 saturated carbocycles. The third-order valence-corrected chi connectivity index (χ3v) is 13.1. The summed E-state index contributed by atoms with van der Waals surface area (Å²) in [5.41, 5.74) is 20.3. The second-order valence-corrected chi connectivity index (χ2v) is 17.5. The molecule has 0 aliphatic rings. The number of fused-ring (bicyclic) bond motifs is 9. The first-order valence-corrected chi connectivity index (χ1v) is 21.9. The molecule has 63 heavy (non-hydrogen) atoms. The van der Waals surface area contributed by atoms with E-state index in [9.17, 15) is 0 Å². The quantitative estimate of drug-likeness (QED) is 0.164. The van der Waals surface area contributed by atoms with Gasteiger partial charge in [-0.25, -0.2) is 0 Å². The van der Waals surface area contributed by atoms with Crippen molar-refractivity contribution < 1.29 is 0 Å². The molecule has 0 amide bonds. The standard InChI is InChI=1S/C59H46N4/c1-37-10-27-55-49(32-37)48-8-6-7-9-54(48)61(55)45-21-15-42(16-22-45)60(43-17-23-46(24-18-43)62-56-28-11-38(2)33-50(56)51-34-39(3)12-29-57(51)62)44-19-25-47(26-20-44)63-58-30-13-40(4)35-52(58)53-36-41(5)14-31-59(53)63/h6-36H,1-5H3. The van der Waals surface area contributed by atoms with E-state index in [1.165, 1.54) is 93.2 Å². The van der Waals surface area contributed by atoms with Gasteiger partial charge in [0.05, 0.1) is 33.1 Å². The lowest BCUT2D eigenvalue weighted by Gasteiger charge is -2.26. The molecule has 12 rings (SSSR count). The van der Waals surface area contributed by atoms with Crippen LogP contribution >= 0.6 is 0 Å². The van der Waals surface area contributed by atoms with Crippen LogP contribution in [0.15, 0.2) is 188 Å². The summed E-state index contributed by atoms with van der Waals surface area (Å²) in [7, 11) is 0. The van der Waals surface area contributed by atoms with E-state index in [2.05, 4.69) is 241 Å². The highest BCUT2D eigenvalue weighted by molar-refractivity contribution is 6.11. The molecule has 0 spiro atoms. The van der Waals surface area contributed by atoms with Crippen LogP contribution in [0.25, 0.3) is 82.5 Å². The summed E-state index contributed by atoms with van der Waals surface area (Å²) in [5.74, 6) is 0. The van der Waals surface area contributed by atoms with Crippen LogP contribution in [0.5, 0.6) is 0 Å². The Labute approximate surface area is 367 Å². The summed E-state index contributed by atoms with van der Waals surface area (Å²) in [5, 5.41) is 7.68. The molecule has 0 aliphatic carbocycles. The Morgan fingerprint density at radius 3 is 0.810 bits per heavy atom. The number of aromatic nitrogens is 3. The predicted octanol–water partition coefficient (Wildman–Crippen LogP) is 16.0. The number of para-hydroxylation sites is 1. The second kappa shape index (κ2) is 14.1. The Morgan fingerprint density at radius 2 is 0.508 bits per heavy atom. The van der Waals surface area contributed by atoms with Gasteiger partial charge in [-0.05, 0) is 174 Å². The van der Waals surface area contributed by atoms with Crippen LogP contribution in [-0.4, -0.2) is 13.7 Å². The second-order valence-electron chi connectivity index (χ2n) is 17.5. The fourth-order valence-corrected chi connectivity index (χ4v) is 10.1. The Balaban J connectivity index is 0.999. The number of anilines is 3. The minimum Gasteiger partial charge on any atom is -0.310 e. The highest BCUT2D eigenvalue weighted by Crippen LogP contribution is 2.40. The average molecular weight is 811 g/mol. The van der Waals surface area contributed by atoms with Gasteiger partial charge in [0, 0.05) is 66.4 Å². The molecule has 4 nitrogen and oxygen atoms in total. The van der Waals surface area contributed by atoms with Crippen LogP contribution in [0.4, 0.5) is 17.1 Å². The number of nitrogens with zero attached hydrogens (tertiary/aromatic N) is 4. The van der Waals surface area contributed by atoms with Crippen molar-refractivity contribution in [1.82, 2.24) is 13.7 Å². The van der Waals surface area contributed by atoms with Gasteiger partial charge in [0.1, 0.15) is 0 Å². The van der Waals surface area contributed by atoms with Crippen molar-refractivity contribution in [2.45, 2.75) is 34.6 Å². The van der Waals surface area contributed by atoms with E-state index in [1.54, 1.807) is 0 Å². The topological polar surface area (TPSA) is 18.0 Å². The summed E-state index contributed by atoms with van der Waals surface area (Å²) in [6.07, 6.45) is 0. The van der Waals surface area contributed by atoms with E-state index in [0.717, 1.165) is 34.1 Å². The zero-order valence-corrected chi connectivity index (χ0v) is 36.2. The highest BCUT2D eigenvalue weighted by atomic mass is 15.1. The molecular weight excluding hydrogens is 765 g/mol. The SMILES string of the molecule is Cc1ccc2c(c1)c1ccccc1n2-c1ccc(N(c2ccc(-n3c4ccc(C)cc4c4cc(C)ccc43)cc2)c2ccc(-n3c4ccc(C)cc4c4cc(C)ccc43)cc2)cc1. The smallest absolute Gasteiger partial charge is 0.0541 e. The molecule has 0 bridgehead atoms. The Morgan fingerprint density at radius 1 is 0.254 bits per heavy atom. The van der Waals surface area contributed by atoms with Crippen LogP contribution in [0.2, 0.25) is 0 Å². The number of hydrogen-bond acceptors (Lipinski definition) is 1. The molecule has 0 fully saturated rings. The maximum Gasteiger partial charge on any atom is 0.0541 e. The van der Waals surface area contributed by atoms with E-state index < -0.39 is 0 Å². The monoisotopic (exact) mass is 810 g/mol. The van der Waals surface area contributed by atoms with Gasteiger partial charge in [-0.3, -0.25) is 0 Å². The van der Waals surface area contributed by atoms with Crippen molar-refractivity contribution in [2.24, 2.45) is 0 Å². The van der Waals surface area contributed by atoms with Gasteiger partial charge in [-0.2, -0.15) is 0 Å². The lowest BCUT2D eigenvalue weighted by molar-refractivity contribution is 1.16. The molecule has 302 valence electrons. The van der Waals surface area contributed by atoms with E-state index in [0.29, 0.717) is 0 Å². The van der Waals surface area contributed by atoms with Crippen LogP contribution < -0.4 is 4.90 Å². The molecule has 3 aromatic heterocycles. The van der Waals surface area contributed by atoms with E-state index in [-0.39, 0.29) is 0 Å². The molecule has 9 aromatic carbocycles. The number of aryl methyl sites for hydroxylation is 5. The van der Waals surface area contributed by atoms with E-state index in [1.807, 2.05) is 0 Å². The van der Waals surface area contributed by atoms with Gasteiger partial charge < -0.3 is 18.6 Å². The van der Waals surface area contributed by atoms with E-state index >= 15 is 0 Å². The van der Waals surface area contributed by atoms with Crippen molar-refractivity contribution in [3.63, 3.8) is 0 Å². The predicted molar refractivity (Wildman–Crippen MR) is 268 cm³/mol. The van der Waals surface area contributed by atoms with Crippen LogP contribution in [-0.2, 0) is 0 Å². The van der Waals surface area contributed by atoms with Crippen molar-refractivity contribution in [2.75, 3.05) is 4.90 Å². The summed E-state index contributed by atoms with van der Waals surface area (Å²) in [4.78, 5) is 2.38. The molecule has 0 saturated heterocycles. The Kier molecular flexibility index (Phi) is 8.29. The molecular formula is C59H46N4. The summed E-state index contributed by atoms with van der Waals surface area (Å²) in [6, 6.07) is 69.9. The van der Waals surface area contributed by atoms with Gasteiger partial charge in [-0.15, -0.1) is 0 Å². The number of hydrogen-bond donors (Lipinski definition) is 0. The molecule has 0 atom stereocenters. The molecule has 0 radical (unpaired) electrons. The molecule has 4 heteroatoms. The minimum atomic E-state index is 1.08. The fraction of sp³-hybridized carbons (Fsp3) is 0.0847. The Bertz CT molecular complexity index is 3480. The average Bonchev–Trinajstić information content (AvgIpc) is 3.91. The molecule has 12 aromatic rings. The van der Waals surface area contributed by atoms with Crippen molar-refractivity contribution in [3.05, 3.63) is 216 Å². The molecule has 0 N–H and O–H groups in total. The van der Waals surface area contributed by atoms with Crippen molar-refractivity contribution in [3.8, 4) is 17.1 Å². The fourth-order valence-electron chi connectivity index (χ4n) is 10.1. The molecule has 3 heterocycles. The third kappa shape index (κ3) is 5.90. The van der Waals surface area contributed by atoms with Crippen LogP contribution in [0, 0.1) is 34.6 Å². The van der Waals surface area contributed by atoms with Crippen molar-refractivity contribution in [1.29, 1.82) is 0 Å². The van der Waals surface area contributed by atoms with Gasteiger partial charge in [0.25, 0.3) is 0 Å². The molecule has 0 unspecified atom stereocenters. The van der Waals surface area contributed by atoms with Gasteiger partial charge in [0.15, 0.2) is 0 Å². The van der Waals surface area contributed by atoms with Gasteiger partial charge in [0.2, 0.25) is 0 Å². The normalized spacial score (nSPS) is 11.9. The lowest BCUT2D eigenvalue weighted by Crippen LogP contribution is -2.10. The summed E-state index contributed by atoms with van der Waals surface area (Å²) < 4.78 is 7.21. The third-order valence-electron chi connectivity index (χ3n) is 13.1. The highest BCUT2D eigenvalue weighted by Gasteiger charge is 2.19. The molecule has 0 aliphatic heterocycles. The number of rotatable bonds is 6. The first-order chi connectivity index (χ1) is 30.8.